The first-order valence-corrected chi connectivity index (χ1v) is 7.09. The first-order valence-electron chi connectivity index (χ1n) is 7.09. The van der Waals surface area contributed by atoms with Crippen molar-refractivity contribution in [2.24, 2.45) is 0 Å². The molecule has 0 radical (unpaired) electrons. The van der Waals surface area contributed by atoms with Crippen LogP contribution in [0.3, 0.4) is 0 Å². The summed E-state index contributed by atoms with van der Waals surface area (Å²) in [4.78, 5) is 36.4. The van der Waals surface area contributed by atoms with Crippen LogP contribution in [0, 0.1) is 0 Å². The van der Waals surface area contributed by atoms with Crippen LogP contribution < -0.4 is 10.6 Å². The van der Waals surface area contributed by atoms with E-state index in [1.54, 1.807) is 36.4 Å². The van der Waals surface area contributed by atoms with Gasteiger partial charge < -0.3 is 15.7 Å². The van der Waals surface area contributed by atoms with Gasteiger partial charge in [0.2, 0.25) is 6.41 Å². The third-order valence-electron chi connectivity index (χ3n) is 3.72. The zero-order valence-corrected chi connectivity index (χ0v) is 12.1. The third kappa shape index (κ3) is 2.39. The Labute approximate surface area is 132 Å². The van der Waals surface area contributed by atoms with Crippen LogP contribution in [-0.2, 0) is 4.79 Å². The molecule has 3 N–H and O–H groups in total. The van der Waals surface area contributed by atoms with E-state index in [9.17, 15) is 14.4 Å². The molecule has 0 heterocycles. The number of rotatable bonds is 5. The number of hydrogen-bond donors (Lipinski definition) is 3. The SMILES string of the molecule is O=CNc1ccc(NCCO)c2c1C(=O)c1ccccc1C2=O. The number of benzene rings is 2. The van der Waals surface area contributed by atoms with Crippen molar-refractivity contribution in [1.29, 1.82) is 0 Å². The lowest BCUT2D eigenvalue weighted by atomic mass is 9.82. The highest BCUT2D eigenvalue weighted by Gasteiger charge is 2.33. The van der Waals surface area contributed by atoms with E-state index in [0.29, 0.717) is 23.2 Å². The van der Waals surface area contributed by atoms with Crippen LogP contribution >= 0.6 is 0 Å². The fraction of sp³-hybridized carbons (Fsp3) is 0.118. The number of carbonyl (C=O) groups excluding carboxylic acids is 3. The molecule has 0 unspecified atom stereocenters. The molecular formula is C17H14N2O4. The van der Waals surface area contributed by atoms with Crippen LogP contribution in [0.2, 0.25) is 0 Å². The topological polar surface area (TPSA) is 95.5 Å². The Bertz CT molecular complexity index is 814. The first-order chi connectivity index (χ1) is 11.2. The molecule has 6 heteroatoms. The Hall–Kier alpha value is -2.99. The van der Waals surface area contributed by atoms with Crippen molar-refractivity contribution >= 4 is 29.4 Å². The lowest BCUT2D eigenvalue weighted by molar-refractivity contribution is -0.105. The van der Waals surface area contributed by atoms with Gasteiger partial charge in [-0.25, -0.2) is 0 Å². The maximum atomic E-state index is 12.8. The first kappa shape index (κ1) is 14.9. The molecule has 1 aliphatic rings. The standard InChI is InChI=1S/C17H14N2O4/c20-8-7-18-12-5-6-13(19-9-21)15-14(12)16(22)10-3-1-2-4-11(10)17(15)23/h1-6,9,18,20H,7-8H2,(H,19,21). The monoisotopic (exact) mass is 310 g/mol. The number of fused-ring (bicyclic) bond motifs is 2. The van der Waals surface area contributed by atoms with Gasteiger partial charge in [0.15, 0.2) is 11.6 Å². The minimum atomic E-state index is -0.313. The fourth-order valence-electron chi connectivity index (χ4n) is 2.74. The largest absolute Gasteiger partial charge is 0.395 e. The number of carbonyl (C=O) groups is 3. The van der Waals surface area contributed by atoms with Crippen LogP contribution in [-0.4, -0.2) is 36.2 Å². The van der Waals surface area contributed by atoms with Gasteiger partial charge in [0.05, 0.1) is 23.4 Å². The van der Waals surface area contributed by atoms with Crippen molar-refractivity contribution in [2.45, 2.75) is 0 Å². The molecule has 0 aliphatic heterocycles. The number of aliphatic hydroxyl groups excluding tert-OH is 1. The highest BCUT2D eigenvalue weighted by molar-refractivity contribution is 6.32. The molecule has 116 valence electrons. The quantitative estimate of drug-likeness (QED) is 0.620. The average molecular weight is 310 g/mol. The Kier molecular flexibility index (Phi) is 3.91. The molecule has 23 heavy (non-hydrogen) atoms. The summed E-state index contributed by atoms with van der Waals surface area (Å²) in [6.45, 7) is 0.137. The highest BCUT2D eigenvalue weighted by Crippen LogP contribution is 2.36. The zero-order chi connectivity index (χ0) is 16.4. The van der Waals surface area contributed by atoms with Gasteiger partial charge in [-0.2, -0.15) is 0 Å². The molecule has 0 fully saturated rings. The summed E-state index contributed by atoms with van der Waals surface area (Å²) in [5.74, 6) is -0.600. The van der Waals surface area contributed by atoms with Gasteiger partial charge in [-0.1, -0.05) is 24.3 Å². The Balaban J connectivity index is 2.25. The van der Waals surface area contributed by atoms with Crippen molar-refractivity contribution in [3.8, 4) is 0 Å². The van der Waals surface area contributed by atoms with Crippen LogP contribution in [0.25, 0.3) is 0 Å². The van der Waals surface area contributed by atoms with Gasteiger partial charge in [-0.15, -0.1) is 0 Å². The summed E-state index contributed by atoms with van der Waals surface area (Å²) in [6.07, 6.45) is 0.467. The molecule has 2 aromatic rings. The van der Waals surface area contributed by atoms with Crippen molar-refractivity contribution in [3.63, 3.8) is 0 Å². The maximum absolute atomic E-state index is 12.8. The predicted octanol–water partition coefficient (Wildman–Crippen LogP) is 1.43. The molecule has 0 saturated heterocycles. The Morgan fingerprint density at radius 1 is 0.913 bits per heavy atom. The summed E-state index contributed by atoms with van der Waals surface area (Å²) in [7, 11) is 0. The van der Waals surface area contributed by atoms with E-state index in [-0.39, 0.29) is 41.5 Å². The van der Waals surface area contributed by atoms with Crippen molar-refractivity contribution in [1.82, 2.24) is 0 Å². The van der Waals surface area contributed by atoms with E-state index in [2.05, 4.69) is 10.6 Å². The van der Waals surface area contributed by atoms with Gasteiger partial charge in [0, 0.05) is 23.4 Å². The zero-order valence-electron chi connectivity index (χ0n) is 12.1. The Morgan fingerprint density at radius 2 is 1.48 bits per heavy atom. The number of aliphatic hydroxyl groups is 1. The fourth-order valence-corrected chi connectivity index (χ4v) is 2.74. The lowest BCUT2D eigenvalue weighted by Crippen LogP contribution is -2.24. The van der Waals surface area contributed by atoms with E-state index in [1.807, 2.05) is 0 Å². The van der Waals surface area contributed by atoms with Gasteiger partial charge in [-0.05, 0) is 12.1 Å². The molecule has 2 aromatic carbocycles. The number of hydrogen-bond acceptors (Lipinski definition) is 5. The second-order valence-electron chi connectivity index (χ2n) is 5.03. The lowest BCUT2D eigenvalue weighted by Gasteiger charge is -2.22. The molecule has 6 nitrogen and oxygen atoms in total. The van der Waals surface area contributed by atoms with Crippen molar-refractivity contribution in [3.05, 3.63) is 58.7 Å². The number of anilines is 2. The van der Waals surface area contributed by atoms with Crippen LogP contribution in [0.5, 0.6) is 0 Å². The number of nitrogens with one attached hydrogen (secondary N) is 2. The molecule has 1 aliphatic carbocycles. The summed E-state index contributed by atoms with van der Waals surface area (Å²) in [5.41, 5.74) is 1.78. The molecule has 0 bridgehead atoms. The molecule has 0 spiro atoms. The predicted molar refractivity (Wildman–Crippen MR) is 85.0 cm³/mol. The van der Waals surface area contributed by atoms with Crippen LogP contribution in [0.15, 0.2) is 36.4 Å². The van der Waals surface area contributed by atoms with Crippen molar-refractivity contribution in [2.75, 3.05) is 23.8 Å². The van der Waals surface area contributed by atoms with E-state index in [0.717, 1.165) is 0 Å². The second kappa shape index (κ2) is 6.02. The summed E-state index contributed by atoms with van der Waals surface area (Å²) >= 11 is 0. The highest BCUT2D eigenvalue weighted by atomic mass is 16.3. The van der Waals surface area contributed by atoms with Gasteiger partial charge in [0.25, 0.3) is 0 Å². The molecule has 3 rings (SSSR count). The minimum absolute atomic E-state index is 0.109. The van der Waals surface area contributed by atoms with Gasteiger partial charge in [-0.3, -0.25) is 14.4 Å². The molecular weight excluding hydrogens is 296 g/mol. The van der Waals surface area contributed by atoms with E-state index < -0.39 is 0 Å². The maximum Gasteiger partial charge on any atom is 0.211 e. The third-order valence-corrected chi connectivity index (χ3v) is 3.72. The number of ketones is 2. The van der Waals surface area contributed by atoms with E-state index >= 15 is 0 Å². The normalized spacial score (nSPS) is 12.4. The summed E-state index contributed by atoms with van der Waals surface area (Å²) in [6, 6.07) is 9.76. The summed E-state index contributed by atoms with van der Waals surface area (Å²) in [5, 5.41) is 14.4. The summed E-state index contributed by atoms with van der Waals surface area (Å²) < 4.78 is 0. The molecule has 0 aromatic heterocycles. The van der Waals surface area contributed by atoms with Crippen LogP contribution in [0.4, 0.5) is 11.4 Å². The van der Waals surface area contributed by atoms with E-state index in [4.69, 9.17) is 5.11 Å². The van der Waals surface area contributed by atoms with Crippen molar-refractivity contribution < 1.29 is 19.5 Å². The molecule has 1 amide bonds. The van der Waals surface area contributed by atoms with Gasteiger partial charge >= 0.3 is 0 Å². The van der Waals surface area contributed by atoms with E-state index in [1.165, 1.54) is 0 Å². The van der Waals surface area contributed by atoms with Crippen LogP contribution in [0.1, 0.15) is 31.8 Å². The smallest absolute Gasteiger partial charge is 0.211 e. The molecule has 0 atom stereocenters. The molecule has 0 saturated carbocycles. The number of amides is 1. The minimum Gasteiger partial charge on any atom is -0.395 e. The average Bonchev–Trinajstić information content (AvgIpc) is 2.58. The Morgan fingerprint density at radius 3 is 2.04 bits per heavy atom. The van der Waals surface area contributed by atoms with Gasteiger partial charge in [0.1, 0.15) is 0 Å². The second-order valence-corrected chi connectivity index (χ2v) is 5.03.